The quantitative estimate of drug-likeness (QED) is 0.727. The van der Waals surface area contributed by atoms with Crippen LogP contribution in [0.1, 0.15) is 13.8 Å². The molecule has 0 bridgehead atoms. The first-order valence-electron chi connectivity index (χ1n) is 6.05. The topological polar surface area (TPSA) is 55.3 Å². The Balaban J connectivity index is 2.96. The number of anilines is 1. The second-order valence-corrected chi connectivity index (χ2v) is 4.45. The van der Waals surface area contributed by atoms with Gasteiger partial charge in [-0.3, -0.25) is 4.57 Å². The molecule has 0 aliphatic heterocycles. The maximum absolute atomic E-state index is 5.21. The van der Waals surface area contributed by atoms with Crippen LogP contribution in [0.2, 0.25) is 0 Å². The number of nitrogens with one attached hydrogen (secondary N) is 1. The Morgan fingerprint density at radius 2 is 2.17 bits per heavy atom. The monoisotopic (exact) mass is 274 g/mol. The van der Waals surface area contributed by atoms with Crippen molar-refractivity contribution in [3.63, 3.8) is 0 Å². The average molecular weight is 274 g/mol. The van der Waals surface area contributed by atoms with Crippen molar-refractivity contribution >= 4 is 18.2 Å². The van der Waals surface area contributed by atoms with Gasteiger partial charge in [-0.15, -0.1) is 5.10 Å². The van der Waals surface area contributed by atoms with Gasteiger partial charge in [-0.25, -0.2) is 5.10 Å². The molecule has 0 radical (unpaired) electrons. The highest BCUT2D eigenvalue weighted by Crippen LogP contribution is 2.14. The summed E-state index contributed by atoms with van der Waals surface area (Å²) in [4.78, 5) is 2.14. The first-order chi connectivity index (χ1) is 8.65. The van der Waals surface area contributed by atoms with E-state index in [2.05, 4.69) is 22.0 Å². The van der Waals surface area contributed by atoms with Crippen LogP contribution in [0, 0.1) is 4.77 Å². The summed E-state index contributed by atoms with van der Waals surface area (Å²) in [6.45, 7) is 6.94. The number of H-pyrrole nitrogens is 1. The van der Waals surface area contributed by atoms with Crippen molar-refractivity contribution in [3.05, 3.63) is 4.77 Å². The molecule has 1 unspecified atom stereocenters. The van der Waals surface area contributed by atoms with Crippen molar-refractivity contribution in [2.45, 2.75) is 26.4 Å². The van der Waals surface area contributed by atoms with E-state index >= 15 is 0 Å². The summed E-state index contributed by atoms with van der Waals surface area (Å²) in [5.74, 6) is 0.837. The van der Waals surface area contributed by atoms with Crippen molar-refractivity contribution in [2.24, 2.45) is 0 Å². The van der Waals surface area contributed by atoms with Crippen LogP contribution in [0.5, 0.6) is 0 Å². The van der Waals surface area contributed by atoms with E-state index in [0.717, 1.165) is 19.0 Å². The van der Waals surface area contributed by atoms with E-state index < -0.39 is 0 Å². The van der Waals surface area contributed by atoms with Gasteiger partial charge in [-0.1, -0.05) is 0 Å². The Hall–Kier alpha value is -0.920. The van der Waals surface area contributed by atoms with Crippen molar-refractivity contribution in [1.29, 1.82) is 0 Å². The molecule has 0 amide bonds. The molecule has 0 saturated heterocycles. The van der Waals surface area contributed by atoms with E-state index in [4.69, 9.17) is 21.7 Å². The van der Waals surface area contributed by atoms with E-state index in [1.165, 1.54) is 0 Å². The molecular weight excluding hydrogens is 252 g/mol. The van der Waals surface area contributed by atoms with Gasteiger partial charge >= 0.3 is 0 Å². The molecular formula is C11H22N4O2S. The molecule has 1 aromatic heterocycles. The number of aromatic amines is 1. The Morgan fingerprint density at radius 3 is 2.72 bits per heavy atom. The molecule has 0 aliphatic carbocycles. The maximum Gasteiger partial charge on any atom is 0.226 e. The number of nitrogens with zero attached hydrogens (tertiary/aromatic N) is 3. The van der Waals surface area contributed by atoms with E-state index in [1.807, 2.05) is 11.5 Å². The van der Waals surface area contributed by atoms with Gasteiger partial charge in [0.05, 0.1) is 19.3 Å². The number of aromatic nitrogens is 3. The highest BCUT2D eigenvalue weighted by molar-refractivity contribution is 7.71. The standard InChI is InChI=1S/C11H22N4O2S/c1-5-14-10(12-13-11(14)18)15(6-7-16-3)9(2)8-17-4/h9H,5-8H2,1-4H3,(H,13,18). The zero-order chi connectivity index (χ0) is 13.5. The van der Waals surface area contributed by atoms with Gasteiger partial charge in [0.25, 0.3) is 0 Å². The summed E-state index contributed by atoms with van der Waals surface area (Å²) in [7, 11) is 3.39. The summed E-state index contributed by atoms with van der Waals surface area (Å²) < 4.78 is 13.0. The van der Waals surface area contributed by atoms with Gasteiger partial charge in [0.1, 0.15) is 0 Å². The Labute approximate surface area is 113 Å². The Kier molecular flexibility index (Phi) is 6.31. The largest absolute Gasteiger partial charge is 0.383 e. The molecule has 1 N–H and O–H groups in total. The number of methoxy groups -OCH3 is 2. The van der Waals surface area contributed by atoms with Crippen LogP contribution in [0.3, 0.4) is 0 Å². The lowest BCUT2D eigenvalue weighted by Crippen LogP contribution is -2.40. The van der Waals surface area contributed by atoms with Crippen LogP contribution < -0.4 is 4.90 Å². The SMILES string of the molecule is CCn1c(N(CCOC)C(C)COC)n[nH]c1=S. The van der Waals surface area contributed by atoms with Crippen molar-refractivity contribution in [3.8, 4) is 0 Å². The van der Waals surface area contributed by atoms with Crippen LogP contribution in [-0.2, 0) is 16.0 Å². The van der Waals surface area contributed by atoms with Gasteiger partial charge in [0, 0.05) is 27.3 Å². The Bertz CT molecular complexity index is 404. The molecule has 1 aromatic rings. The van der Waals surface area contributed by atoms with Crippen molar-refractivity contribution in [2.75, 3.05) is 38.9 Å². The molecule has 0 saturated carbocycles. The highest BCUT2D eigenvalue weighted by atomic mass is 32.1. The van der Waals surface area contributed by atoms with E-state index in [0.29, 0.717) is 18.0 Å². The lowest BCUT2D eigenvalue weighted by Gasteiger charge is -2.29. The van der Waals surface area contributed by atoms with Gasteiger partial charge in [-0.2, -0.15) is 0 Å². The lowest BCUT2D eigenvalue weighted by atomic mass is 10.3. The van der Waals surface area contributed by atoms with Crippen molar-refractivity contribution in [1.82, 2.24) is 14.8 Å². The smallest absolute Gasteiger partial charge is 0.226 e. The lowest BCUT2D eigenvalue weighted by molar-refractivity contribution is 0.170. The fourth-order valence-corrected chi connectivity index (χ4v) is 2.11. The van der Waals surface area contributed by atoms with Crippen LogP contribution in [0.15, 0.2) is 0 Å². The molecule has 18 heavy (non-hydrogen) atoms. The third-order valence-corrected chi connectivity index (χ3v) is 3.10. The predicted molar refractivity (Wildman–Crippen MR) is 73.6 cm³/mol. The van der Waals surface area contributed by atoms with Crippen molar-refractivity contribution < 1.29 is 9.47 Å². The van der Waals surface area contributed by atoms with Gasteiger partial charge in [-0.05, 0) is 26.1 Å². The van der Waals surface area contributed by atoms with Gasteiger partial charge < -0.3 is 14.4 Å². The summed E-state index contributed by atoms with van der Waals surface area (Å²) in [6, 6.07) is 0.209. The minimum atomic E-state index is 0.209. The first-order valence-corrected chi connectivity index (χ1v) is 6.46. The predicted octanol–water partition coefficient (Wildman–Crippen LogP) is 1.45. The number of hydrogen-bond donors (Lipinski definition) is 1. The summed E-state index contributed by atoms with van der Waals surface area (Å²) >= 11 is 5.21. The maximum atomic E-state index is 5.21. The number of hydrogen-bond acceptors (Lipinski definition) is 5. The van der Waals surface area contributed by atoms with Crippen LogP contribution in [0.25, 0.3) is 0 Å². The van der Waals surface area contributed by atoms with Crippen LogP contribution in [-0.4, -0.2) is 54.8 Å². The third kappa shape index (κ3) is 3.54. The second kappa shape index (κ2) is 7.50. The van der Waals surface area contributed by atoms with Gasteiger partial charge in [0.2, 0.25) is 5.95 Å². The van der Waals surface area contributed by atoms with Crippen LogP contribution in [0.4, 0.5) is 5.95 Å². The molecule has 0 aromatic carbocycles. The number of rotatable bonds is 8. The van der Waals surface area contributed by atoms with Gasteiger partial charge in [0.15, 0.2) is 4.77 Å². The molecule has 104 valence electrons. The molecule has 6 nitrogen and oxygen atoms in total. The molecule has 1 rings (SSSR count). The normalized spacial score (nSPS) is 12.7. The molecule has 7 heteroatoms. The zero-order valence-corrected chi connectivity index (χ0v) is 12.3. The van der Waals surface area contributed by atoms with E-state index in [9.17, 15) is 0 Å². The summed E-state index contributed by atoms with van der Waals surface area (Å²) in [5, 5.41) is 7.14. The summed E-state index contributed by atoms with van der Waals surface area (Å²) in [6.07, 6.45) is 0. The molecule has 0 spiro atoms. The molecule has 1 atom stereocenters. The van der Waals surface area contributed by atoms with Crippen LogP contribution >= 0.6 is 12.2 Å². The van der Waals surface area contributed by atoms with E-state index in [-0.39, 0.29) is 6.04 Å². The molecule has 1 heterocycles. The first kappa shape index (κ1) is 15.1. The third-order valence-electron chi connectivity index (χ3n) is 2.79. The number of ether oxygens (including phenoxy) is 2. The fraction of sp³-hybridized carbons (Fsp3) is 0.818. The Morgan fingerprint density at radius 1 is 1.44 bits per heavy atom. The second-order valence-electron chi connectivity index (χ2n) is 4.06. The average Bonchev–Trinajstić information content (AvgIpc) is 2.71. The minimum Gasteiger partial charge on any atom is -0.383 e. The summed E-state index contributed by atoms with van der Waals surface area (Å²) in [5.41, 5.74) is 0. The zero-order valence-electron chi connectivity index (χ0n) is 11.5. The highest BCUT2D eigenvalue weighted by Gasteiger charge is 2.19. The molecule has 0 fully saturated rings. The van der Waals surface area contributed by atoms with E-state index in [1.54, 1.807) is 14.2 Å². The fourth-order valence-electron chi connectivity index (χ4n) is 1.85. The molecule has 0 aliphatic rings. The minimum absolute atomic E-state index is 0.209.